The van der Waals surface area contributed by atoms with Gasteiger partial charge < -0.3 is 65.4 Å². The van der Waals surface area contributed by atoms with Gasteiger partial charge in [-0.1, -0.05) is 0 Å². The molecule has 12 heterocycles. The number of rotatable bonds is 14. The van der Waals surface area contributed by atoms with Crippen LogP contribution >= 0.6 is 47.8 Å². The molecular formula is C49H43Br3N20O8. The molecule has 3 aliphatic rings. The molecule has 28 nitrogen and oxygen atoms in total. The summed E-state index contributed by atoms with van der Waals surface area (Å²) in [6.45, 7) is 2.88. The molecular weight excluding hydrogens is 1240 g/mol. The van der Waals surface area contributed by atoms with E-state index in [1.54, 1.807) is 43.8 Å². The Kier molecular flexibility index (Phi) is 15.4. The van der Waals surface area contributed by atoms with E-state index in [9.17, 15) is 29.4 Å². The van der Waals surface area contributed by atoms with E-state index in [-0.39, 0.29) is 28.5 Å². The summed E-state index contributed by atoms with van der Waals surface area (Å²) in [6, 6.07) is 5.47. The third kappa shape index (κ3) is 10.8. The molecule has 0 saturated carbocycles. The number of nitrogens with one attached hydrogen (secondary N) is 7. The number of fused-ring (bicyclic) bond motifs is 6. The lowest BCUT2D eigenvalue weighted by Crippen LogP contribution is -2.33. The first-order valence-corrected chi connectivity index (χ1v) is 26.0. The molecule has 0 unspecified atom stereocenters. The minimum atomic E-state index is -1.13. The van der Waals surface area contributed by atoms with E-state index in [0.29, 0.717) is 119 Å². The van der Waals surface area contributed by atoms with Crippen LogP contribution in [-0.4, -0.2) is 165 Å². The van der Waals surface area contributed by atoms with Gasteiger partial charge in [-0.15, -0.1) is 0 Å². The molecule has 408 valence electrons. The molecule has 9 aromatic rings. The van der Waals surface area contributed by atoms with Crippen molar-refractivity contribution in [3.8, 4) is 11.8 Å². The second-order valence-corrected chi connectivity index (χ2v) is 20.2. The van der Waals surface area contributed by atoms with E-state index in [4.69, 9.17) is 9.47 Å². The number of pyridine rings is 3. The summed E-state index contributed by atoms with van der Waals surface area (Å²) in [5, 5.41) is 29.5. The van der Waals surface area contributed by atoms with Crippen LogP contribution in [0, 0.1) is 0 Å². The number of aromatic carboxylic acids is 2. The monoisotopic (exact) mass is 1280 g/mol. The Labute approximate surface area is 475 Å². The molecule has 31 heteroatoms. The molecule has 1 amide bonds. The number of aliphatic imine (C=N–C) groups is 3. The molecule has 0 aromatic carbocycles. The number of carbonyl (C=O) groups excluding carboxylic acids is 1. The summed E-state index contributed by atoms with van der Waals surface area (Å²) in [4.78, 5) is 109. The number of hydrogen-bond acceptors (Lipinski definition) is 21. The van der Waals surface area contributed by atoms with Crippen LogP contribution in [0.3, 0.4) is 0 Å². The minimum Gasteiger partial charge on any atom is -0.480 e. The lowest BCUT2D eigenvalue weighted by Gasteiger charge is -2.19. The number of carboxylic acids is 2. The number of carboxylic acid groups (broad SMARTS) is 2. The van der Waals surface area contributed by atoms with Gasteiger partial charge in [0.15, 0.2) is 0 Å². The molecule has 0 fully saturated rings. The average molecular weight is 1280 g/mol. The van der Waals surface area contributed by atoms with Crippen molar-refractivity contribution in [2.45, 2.75) is 19.6 Å². The third-order valence-electron chi connectivity index (χ3n) is 12.4. The number of anilines is 6. The maximum absolute atomic E-state index is 13.0. The van der Waals surface area contributed by atoms with Gasteiger partial charge in [0.2, 0.25) is 11.8 Å². The molecule has 9 N–H and O–H groups in total. The Morgan fingerprint density at radius 3 is 1.44 bits per heavy atom. The van der Waals surface area contributed by atoms with Crippen molar-refractivity contribution < 1.29 is 34.1 Å². The number of halogens is 3. The Bertz CT molecular complexity index is 4130. The molecule has 9 aromatic heterocycles. The molecule has 0 radical (unpaired) electrons. The lowest BCUT2D eigenvalue weighted by atomic mass is 10.2. The number of aromatic nitrogens is 12. The first kappa shape index (κ1) is 54.3. The number of methoxy groups -OCH3 is 2. The summed E-state index contributed by atoms with van der Waals surface area (Å²) < 4.78 is 12.1. The highest BCUT2D eigenvalue weighted by molar-refractivity contribution is 9.11. The van der Waals surface area contributed by atoms with E-state index < -0.39 is 11.9 Å². The zero-order valence-electron chi connectivity index (χ0n) is 42.5. The molecule has 0 spiro atoms. The highest BCUT2D eigenvalue weighted by atomic mass is 79.9. The maximum Gasteiger partial charge on any atom is 0.353 e. The number of aromatic amines is 4. The summed E-state index contributed by atoms with van der Waals surface area (Å²) in [5.41, 5.74) is 8.01. The number of carbonyl (C=O) groups is 3. The first-order valence-electron chi connectivity index (χ1n) is 23.7. The summed E-state index contributed by atoms with van der Waals surface area (Å²) in [5.74, 6) is -0.236. The Morgan fingerprint density at radius 2 is 0.988 bits per heavy atom. The summed E-state index contributed by atoms with van der Waals surface area (Å²) in [7, 11) is 8.81. The highest BCUT2D eigenvalue weighted by Crippen LogP contribution is 2.38. The Hall–Kier alpha value is -9.07. The fourth-order valence-corrected chi connectivity index (χ4v) is 10.3. The second-order valence-electron chi connectivity index (χ2n) is 17.8. The van der Waals surface area contributed by atoms with Gasteiger partial charge in [-0.05, 0) is 80.1 Å². The summed E-state index contributed by atoms with van der Waals surface area (Å²) >= 11 is 10.1. The van der Waals surface area contributed by atoms with Crippen molar-refractivity contribution in [3.63, 3.8) is 0 Å². The van der Waals surface area contributed by atoms with Crippen molar-refractivity contribution in [2.75, 3.05) is 64.4 Å². The molecule has 0 atom stereocenters. The van der Waals surface area contributed by atoms with Crippen molar-refractivity contribution in [3.05, 3.63) is 112 Å². The smallest absolute Gasteiger partial charge is 0.353 e. The number of ether oxygens (including phenoxy) is 2. The van der Waals surface area contributed by atoms with Crippen LogP contribution in [0.15, 0.2) is 70.4 Å². The number of likely N-dealkylation sites (N-methyl/N-ethyl adjacent to an activating group) is 2. The highest BCUT2D eigenvalue weighted by Gasteiger charge is 2.26. The molecule has 12 rings (SSSR count). The standard InChI is InChI=1S/C20H23BrN8O2.C15H11BrN6O3.C14H9BrN6O3/c1-28(2)5-6-29(3)20(30)16-15(21)14-17(23-10-24-18(14)27-16)25-12-7-11-8-22-9-13(11)26-19(12)31-4;1-25-14-7(2-6-3-17-4-8(6)21-14)20-12-9-10(16)11(15(23)24)22-13(9)19-5-18-12;15-9-8-11(17-4-18-12(8)21-10(9)14(23)24)19-6-1-5-2-16-3-7(5)20-13(6)22/h7-8,10H,5-6,9H2,1-4H3,(H2,23,24,25,27);2-3,5H,4H2,1H3,(H,23,24)(H2,18,19,20,22);1-2,4H,3H2,(H,20,22)(H,23,24)(H2,17,18,19,21). The first-order chi connectivity index (χ1) is 38.5. The van der Waals surface area contributed by atoms with Crippen molar-refractivity contribution in [1.29, 1.82) is 0 Å². The molecule has 0 aliphatic carbocycles. The van der Waals surface area contributed by atoms with Crippen molar-refractivity contribution >= 4 is 152 Å². The van der Waals surface area contributed by atoms with Crippen molar-refractivity contribution in [2.24, 2.45) is 15.0 Å². The zero-order chi connectivity index (χ0) is 56.5. The largest absolute Gasteiger partial charge is 0.480 e. The number of amides is 1. The predicted octanol–water partition coefficient (Wildman–Crippen LogP) is 6.72. The zero-order valence-corrected chi connectivity index (χ0v) is 47.3. The van der Waals surface area contributed by atoms with E-state index >= 15 is 0 Å². The SMILES string of the molecule is COc1nc2c(cc1Nc1ncnc3[nH]c(C(=O)N(C)CCN(C)C)c(Br)c13)C=NC2.COc1nc2c(cc1Nc1ncnc3[nH]c(C(=O)O)c(Br)c13)C=NC2.O=C(O)c1[nH]c2ncnc(Nc3cc4c([nH]c3=O)CN=C4)c2c1Br. The number of nitrogens with zero attached hydrogens (tertiary/aromatic N) is 13. The van der Waals surface area contributed by atoms with Gasteiger partial charge in [-0.2, -0.15) is 0 Å². The quantitative estimate of drug-likeness (QED) is 0.0545. The fraction of sp³-hybridized carbons (Fsp3) is 0.204. The fourth-order valence-electron chi connectivity index (χ4n) is 8.39. The van der Waals surface area contributed by atoms with E-state index in [2.05, 4.69) is 139 Å². The van der Waals surface area contributed by atoms with E-state index in [1.165, 1.54) is 26.1 Å². The maximum atomic E-state index is 13.0. The van der Waals surface area contributed by atoms with Crippen LogP contribution in [0.1, 0.15) is 65.2 Å². The van der Waals surface area contributed by atoms with Gasteiger partial charge in [0.25, 0.3) is 11.5 Å². The van der Waals surface area contributed by atoms with Gasteiger partial charge in [0, 0.05) is 61.2 Å². The van der Waals surface area contributed by atoms with Crippen LogP contribution in [0.25, 0.3) is 33.1 Å². The average Bonchev–Trinajstić information content (AvgIpc) is 4.39. The van der Waals surface area contributed by atoms with Crippen molar-refractivity contribution in [1.82, 2.24) is 69.6 Å². The van der Waals surface area contributed by atoms with Gasteiger partial charge >= 0.3 is 11.9 Å². The van der Waals surface area contributed by atoms with Gasteiger partial charge in [-0.25, -0.2) is 49.5 Å². The topological polar surface area (TPSA) is 373 Å². The molecule has 0 saturated heterocycles. The lowest BCUT2D eigenvalue weighted by molar-refractivity contribution is 0.0680. The van der Waals surface area contributed by atoms with Gasteiger partial charge in [-0.3, -0.25) is 24.6 Å². The van der Waals surface area contributed by atoms with Crippen LogP contribution in [0.4, 0.5) is 34.5 Å². The normalized spacial score (nSPS) is 12.5. The van der Waals surface area contributed by atoms with Gasteiger partial charge in [0.1, 0.15) is 87.5 Å². The number of H-pyrrole nitrogens is 4. The third-order valence-corrected chi connectivity index (χ3v) is 14.8. The van der Waals surface area contributed by atoms with Crippen LogP contribution < -0.4 is 31.0 Å². The van der Waals surface area contributed by atoms with E-state index in [1.807, 2.05) is 31.1 Å². The minimum absolute atomic E-state index is 0.00438. The number of hydrogen-bond donors (Lipinski definition) is 9. The predicted molar refractivity (Wildman–Crippen MR) is 307 cm³/mol. The molecule has 80 heavy (non-hydrogen) atoms. The van der Waals surface area contributed by atoms with Crippen LogP contribution in [-0.2, 0) is 19.6 Å². The Balaban J connectivity index is 0.000000136. The Morgan fingerprint density at radius 1 is 0.575 bits per heavy atom. The summed E-state index contributed by atoms with van der Waals surface area (Å²) in [6.07, 6.45) is 9.27. The van der Waals surface area contributed by atoms with Crippen LogP contribution in [0.2, 0.25) is 0 Å². The molecule has 3 aliphatic heterocycles. The molecule has 0 bridgehead atoms. The van der Waals surface area contributed by atoms with Gasteiger partial charge in [0.05, 0.1) is 74.8 Å². The van der Waals surface area contributed by atoms with Crippen LogP contribution in [0.5, 0.6) is 11.8 Å². The van der Waals surface area contributed by atoms with E-state index in [0.717, 1.165) is 40.3 Å². The second kappa shape index (κ2) is 22.7.